The SMILES string of the molecule is CN(C)Cc1ccc2cccc(C(N)=O)c2n1. The Balaban J connectivity index is 2.57. The second-order valence-electron chi connectivity index (χ2n) is 4.28. The molecule has 0 atom stereocenters. The van der Waals surface area contributed by atoms with Gasteiger partial charge in [0.2, 0.25) is 0 Å². The summed E-state index contributed by atoms with van der Waals surface area (Å²) in [5.74, 6) is -0.440. The van der Waals surface area contributed by atoms with E-state index in [9.17, 15) is 4.79 Å². The average Bonchev–Trinajstić information content (AvgIpc) is 2.27. The van der Waals surface area contributed by atoms with Gasteiger partial charge in [-0.15, -0.1) is 0 Å². The molecular formula is C13H15N3O. The summed E-state index contributed by atoms with van der Waals surface area (Å²) in [5.41, 5.74) is 7.42. The van der Waals surface area contributed by atoms with Crippen molar-refractivity contribution in [1.82, 2.24) is 9.88 Å². The third-order valence-electron chi connectivity index (χ3n) is 2.52. The molecule has 2 N–H and O–H groups in total. The number of fused-ring (bicyclic) bond motifs is 1. The summed E-state index contributed by atoms with van der Waals surface area (Å²) < 4.78 is 0. The van der Waals surface area contributed by atoms with Gasteiger partial charge in [0.25, 0.3) is 5.91 Å². The number of pyridine rings is 1. The normalized spacial score (nSPS) is 11.0. The summed E-state index contributed by atoms with van der Waals surface area (Å²) in [6, 6.07) is 9.38. The van der Waals surface area contributed by atoms with Gasteiger partial charge in [0.1, 0.15) is 0 Å². The molecule has 0 radical (unpaired) electrons. The monoisotopic (exact) mass is 229 g/mol. The molecule has 4 nitrogen and oxygen atoms in total. The number of nitrogens with two attached hydrogens (primary N) is 1. The predicted octanol–water partition coefficient (Wildman–Crippen LogP) is 1.40. The Hall–Kier alpha value is -1.94. The predicted molar refractivity (Wildman–Crippen MR) is 67.7 cm³/mol. The van der Waals surface area contributed by atoms with Crippen molar-refractivity contribution in [2.75, 3.05) is 14.1 Å². The standard InChI is InChI=1S/C13H15N3O/c1-16(2)8-10-7-6-9-4-3-5-11(13(14)17)12(9)15-10/h3-7H,8H2,1-2H3,(H2,14,17). The van der Waals surface area contributed by atoms with Gasteiger partial charge in [0, 0.05) is 11.9 Å². The molecule has 0 spiro atoms. The molecule has 0 fully saturated rings. The van der Waals surface area contributed by atoms with Crippen molar-refractivity contribution in [1.29, 1.82) is 0 Å². The molecule has 0 bridgehead atoms. The number of rotatable bonds is 3. The van der Waals surface area contributed by atoms with Crippen LogP contribution in [0.1, 0.15) is 16.1 Å². The Morgan fingerprint density at radius 1 is 1.29 bits per heavy atom. The van der Waals surface area contributed by atoms with Crippen molar-refractivity contribution < 1.29 is 4.79 Å². The topological polar surface area (TPSA) is 59.2 Å². The van der Waals surface area contributed by atoms with E-state index in [0.717, 1.165) is 17.6 Å². The summed E-state index contributed by atoms with van der Waals surface area (Å²) in [6.07, 6.45) is 0. The highest BCUT2D eigenvalue weighted by molar-refractivity contribution is 6.04. The summed E-state index contributed by atoms with van der Waals surface area (Å²) in [4.78, 5) is 17.8. The van der Waals surface area contributed by atoms with Gasteiger partial charge in [-0.05, 0) is 26.2 Å². The van der Waals surface area contributed by atoms with Crippen LogP contribution < -0.4 is 5.73 Å². The smallest absolute Gasteiger partial charge is 0.250 e. The highest BCUT2D eigenvalue weighted by atomic mass is 16.1. The van der Waals surface area contributed by atoms with Crippen LogP contribution in [0.15, 0.2) is 30.3 Å². The van der Waals surface area contributed by atoms with Crippen molar-refractivity contribution >= 4 is 16.8 Å². The van der Waals surface area contributed by atoms with E-state index in [1.54, 1.807) is 6.07 Å². The lowest BCUT2D eigenvalue weighted by Crippen LogP contribution is -2.14. The summed E-state index contributed by atoms with van der Waals surface area (Å²) >= 11 is 0. The minimum absolute atomic E-state index is 0.440. The number of carbonyl (C=O) groups is 1. The zero-order valence-electron chi connectivity index (χ0n) is 9.97. The Labute approximate surface area is 100 Å². The molecule has 0 saturated heterocycles. The Morgan fingerprint density at radius 3 is 2.71 bits per heavy atom. The lowest BCUT2D eigenvalue weighted by atomic mass is 10.1. The Bertz CT molecular complexity index is 564. The second kappa shape index (κ2) is 4.51. The van der Waals surface area contributed by atoms with Gasteiger partial charge < -0.3 is 10.6 Å². The number of hydrogen-bond donors (Lipinski definition) is 1. The van der Waals surface area contributed by atoms with Crippen LogP contribution in [0.2, 0.25) is 0 Å². The van der Waals surface area contributed by atoms with Crippen LogP contribution in [-0.4, -0.2) is 29.9 Å². The fourth-order valence-corrected chi connectivity index (χ4v) is 1.80. The second-order valence-corrected chi connectivity index (χ2v) is 4.28. The summed E-state index contributed by atoms with van der Waals surface area (Å²) in [5, 5.41) is 0.934. The van der Waals surface area contributed by atoms with Crippen molar-refractivity contribution in [3.63, 3.8) is 0 Å². The quantitative estimate of drug-likeness (QED) is 0.865. The highest BCUT2D eigenvalue weighted by Gasteiger charge is 2.08. The van der Waals surface area contributed by atoms with Gasteiger partial charge in [-0.25, -0.2) is 0 Å². The zero-order valence-corrected chi connectivity index (χ0v) is 9.97. The molecule has 2 aromatic rings. The third-order valence-corrected chi connectivity index (χ3v) is 2.52. The molecule has 17 heavy (non-hydrogen) atoms. The maximum absolute atomic E-state index is 11.3. The molecule has 1 heterocycles. The van der Waals surface area contributed by atoms with Gasteiger partial charge in [-0.2, -0.15) is 0 Å². The van der Waals surface area contributed by atoms with E-state index in [1.807, 2.05) is 43.3 Å². The fraction of sp³-hybridized carbons (Fsp3) is 0.231. The minimum Gasteiger partial charge on any atom is -0.366 e. The minimum atomic E-state index is -0.440. The van der Waals surface area contributed by atoms with Crippen LogP contribution in [0.25, 0.3) is 10.9 Å². The van der Waals surface area contributed by atoms with E-state index in [0.29, 0.717) is 11.1 Å². The molecule has 1 amide bonds. The first-order valence-electron chi connectivity index (χ1n) is 5.41. The molecule has 0 saturated carbocycles. The third kappa shape index (κ3) is 2.42. The van der Waals surface area contributed by atoms with Crippen LogP contribution >= 0.6 is 0 Å². The molecule has 1 aromatic heterocycles. The first-order chi connectivity index (χ1) is 8.08. The largest absolute Gasteiger partial charge is 0.366 e. The van der Waals surface area contributed by atoms with Crippen molar-refractivity contribution in [2.24, 2.45) is 5.73 Å². The lowest BCUT2D eigenvalue weighted by Gasteiger charge is -2.10. The molecular weight excluding hydrogens is 214 g/mol. The maximum Gasteiger partial charge on any atom is 0.250 e. The number of nitrogens with zero attached hydrogens (tertiary/aromatic N) is 2. The zero-order chi connectivity index (χ0) is 12.4. The van der Waals surface area contributed by atoms with Crippen molar-refractivity contribution in [3.8, 4) is 0 Å². The number of aromatic nitrogens is 1. The summed E-state index contributed by atoms with van der Waals surface area (Å²) in [7, 11) is 3.96. The number of para-hydroxylation sites is 1. The molecule has 88 valence electrons. The van der Waals surface area contributed by atoms with Gasteiger partial charge in [-0.1, -0.05) is 18.2 Å². The molecule has 0 aliphatic carbocycles. The molecule has 1 aromatic carbocycles. The number of carbonyl (C=O) groups excluding carboxylic acids is 1. The lowest BCUT2D eigenvalue weighted by molar-refractivity contribution is 0.100. The Morgan fingerprint density at radius 2 is 2.06 bits per heavy atom. The first kappa shape index (κ1) is 11.5. The number of hydrogen-bond acceptors (Lipinski definition) is 3. The van der Waals surface area contributed by atoms with Crippen molar-refractivity contribution in [2.45, 2.75) is 6.54 Å². The molecule has 4 heteroatoms. The maximum atomic E-state index is 11.3. The fourth-order valence-electron chi connectivity index (χ4n) is 1.80. The van der Waals surface area contributed by atoms with Gasteiger partial charge in [0.05, 0.1) is 16.8 Å². The van der Waals surface area contributed by atoms with Gasteiger partial charge in [-0.3, -0.25) is 9.78 Å². The van der Waals surface area contributed by atoms with E-state index >= 15 is 0 Å². The van der Waals surface area contributed by atoms with E-state index in [2.05, 4.69) is 4.98 Å². The van der Waals surface area contributed by atoms with Crippen LogP contribution in [0.3, 0.4) is 0 Å². The molecule has 2 rings (SSSR count). The van der Waals surface area contributed by atoms with E-state index in [4.69, 9.17) is 5.73 Å². The summed E-state index contributed by atoms with van der Waals surface area (Å²) in [6.45, 7) is 0.739. The molecule has 0 aliphatic rings. The van der Waals surface area contributed by atoms with E-state index < -0.39 is 5.91 Å². The van der Waals surface area contributed by atoms with Crippen molar-refractivity contribution in [3.05, 3.63) is 41.6 Å². The average molecular weight is 229 g/mol. The van der Waals surface area contributed by atoms with Crippen LogP contribution in [0.5, 0.6) is 0 Å². The molecule has 0 aliphatic heterocycles. The number of amides is 1. The van der Waals surface area contributed by atoms with Crippen LogP contribution in [-0.2, 0) is 6.54 Å². The van der Waals surface area contributed by atoms with E-state index in [1.165, 1.54) is 0 Å². The highest BCUT2D eigenvalue weighted by Crippen LogP contribution is 2.17. The van der Waals surface area contributed by atoms with Gasteiger partial charge >= 0.3 is 0 Å². The van der Waals surface area contributed by atoms with Crippen LogP contribution in [0, 0.1) is 0 Å². The van der Waals surface area contributed by atoms with E-state index in [-0.39, 0.29) is 0 Å². The number of benzene rings is 1. The van der Waals surface area contributed by atoms with Gasteiger partial charge in [0.15, 0.2) is 0 Å². The first-order valence-corrected chi connectivity index (χ1v) is 5.41. The number of primary amides is 1. The molecule has 0 unspecified atom stereocenters. The Kier molecular flexibility index (Phi) is 3.06. The van der Waals surface area contributed by atoms with Crippen LogP contribution in [0.4, 0.5) is 0 Å².